The molecule has 0 heterocycles. The molecule has 1 N–H and O–H groups in total. The van der Waals surface area contributed by atoms with Crippen molar-refractivity contribution < 1.29 is 36.4 Å². The largest absolute Gasteiger partial charge is 0.480 e. The van der Waals surface area contributed by atoms with Gasteiger partial charge in [-0.15, -0.1) is 0 Å². The van der Waals surface area contributed by atoms with E-state index in [1.807, 2.05) is 0 Å². The van der Waals surface area contributed by atoms with Gasteiger partial charge in [0.05, 0.1) is 26.1 Å². The SMILES string of the molecule is O=C(O)CN(c1cc(C(F)(F)F)ccc1Cl)S(=O)(=O)c1ccc([N+](=O)[O-])cc1. The average molecular weight is 439 g/mol. The number of nitro benzene ring substituents is 1. The number of anilines is 1. The van der Waals surface area contributed by atoms with Crippen LogP contribution in [0.1, 0.15) is 5.56 Å². The number of benzene rings is 2. The lowest BCUT2D eigenvalue weighted by Crippen LogP contribution is -2.36. The maximum Gasteiger partial charge on any atom is 0.416 e. The van der Waals surface area contributed by atoms with Crippen molar-refractivity contribution in [1.29, 1.82) is 0 Å². The van der Waals surface area contributed by atoms with E-state index in [0.29, 0.717) is 12.1 Å². The molecule has 28 heavy (non-hydrogen) atoms. The molecule has 150 valence electrons. The van der Waals surface area contributed by atoms with Gasteiger partial charge in [-0.3, -0.25) is 19.2 Å². The Morgan fingerprint density at radius 1 is 1.18 bits per heavy atom. The summed E-state index contributed by atoms with van der Waals surface area (Å²) in [4.78, 5) is 20.5. The van der Waals surface area contributed by atoms with Gasteiger partial charge in [-0.05, 0) is 30.3 Å². The Morgan fingerprint density at radius 3 is 2.21 bits per heavy atom. The third kappa shape index (κ3) is 4.51. The Balaban J connectivity index is 2.63. The van der Waals surface area contributed by atoms with E-state index < -0.39 is 60.5 Å². The lowest BCUT2D eigenvalue weighted by Gasteiger charge is -2.24. The van der Waals surface area contributed by atoms with E-state index in [9.17, 15) is 36.5 Å². The number of carboxylic acid groups (broad SMARTS) is 1. The van der Waals surface area contributed by atoms with Crippen molar-refractivity contribution in [2.24, 2.45) is 0 Å². The Kier molecular flexibility index (Phi) is 5.85. The van der Waals surface area contributed by atoms with E-state index in [0.717, 1.165) is 30.3 Å². The third-order valence-corrected chi connectivity index (χ3v) is 5.55. The molecule has 0 aromatic heterocycles. The van der Waals surface area contributed by atoms with Crippen molar-refractivity contribution in [2.75, 3.05) is 10.8 Å². The highest BCUT2D eigenvalue weighted by Crippen LogP contribution is 2.37. The highest BCUT2D eigenvalue weighted by atomic mass is 35.5. The molecule has 0 aliphatic heterocycles. The van der Waals surface area contributed by atoms with Crippen molar-refractivity contribution in [1.82, 2.24) is 0 Å². The van der Waals surface area contributed by atoms with E-state index in [4.69, 9.17) is 16.7 Å². The van der Waals surface area contributed by atoms with Crippen LogP contribution in [-0.2, 0) is 21.0 Å². The van der Waals surface area contributed by atoms with Crippen LogP contribution < -0.4 is 4.31 Å². The molecule has 0 unspecified atom stereocenters. The Morgan fingerprint density at radius 2 is 1.75 bits per heavy atom. The van der Waals surface area contributed by atoms with Crippen LogP contribution in [-0.4, -0.2) is 31.0 Å². The standard InChI is InChI=1S/C15H10ClF3N2O6S/c16-12-6-1-9(15(17,18)19)7-13(12)20(8-14(22)23)28(26,27)11-4-2-10(3-5-11)21(24)25/h1-7H,8H2,(H,22,23). The smallest absolute Gasteiger partial charge is 0.416 e. The predicted molar refractivity (Wildman–Crippen MR) is 91.7 cm³/mol. The van der Waals surface area contributed by atoms with Crippen molar-refractivity contribution in [2.45, 2.75) is 11.1 Å². The number of nitrogens with zero attached hydrogens (tertiary/aromatic N) is 2. The Labute approximate surface area is 161 Å². The monoisotopic (exact) mass is 438 g/mol. The minimum Gasteiger partial charge on any atom is -0.480 e. The molecule has 0 saturated heterocycles. The van der Waals surface area contributed by atoms with Gasteiger partial charge in [0.15, 0.2) is 0 Å². The van der Waals surface area contributed by atoms with Gasteiger partial charge in [-0.1, -0.05) is 11.6 Å². The molecule has 0 spiro atoms. The van der Waals surface area contributed by atoms with E-state index in [2.05, 4.69) is 0 Å². The van der Waals surface area contributed by atoms with Crippen LogP contribution in [0.3, 0.4) is 0 Å². The van der Waals surface area contributed by atoms with Crippen LogP contribution in [0, 0.1) is 10.1 Å². The van der Waals surface area contributed by atoms with Crippen molar-refractivity contribution in [3.05, 3.63) is 63.2 Å². The quantitative estimate of drug-likeness (QED) is 0.544. The number of alkyl halides is 3. The summed E-state index contributed by atoms with van der Waals surface area (Å²) in [7, 11) is -4.70. The minimum absolute atomic E-state index is 0.189. The molecule has 0 aliphatic rings. The highest BCUT2D eigenvalue weighted by Gasteiger charge is 2.34. The summed E-state index contributed by atoms with van der Waals surface area (Å²) < 4.78 is 64.7. The summed E-state index contributed by atoms with van der Waals surface area (Å²) in [6.45, 7) is -1.22. The van der Waals surface area contributed by atoms with E-state index in [1.54, 1.807) is 0 Å². The lowest BCUT2D eigenvalue weighted by molar-refractivity contribution is -0.384. The normalized spacial score (nSPS) is 11.9. The molecule has 2 aromatic carbocycles. The number of nitro groups is 1. The molecular formula is C15H10ClF3N2O6S. The molecule has 0 fully saturated rings. The van der Waals surface area contributed by atoms with Gasteiger partial charge in [0.2, 0.25) is 0 Å². The summed E-state index contributed by atoms with van der Waals surface area (Å²) in [6, 6.07) is 5.21. The fourth-order valence-electron chi connectivity index (χ4n) is 2.17. The molecule has 0 aliphatic carbocycles. The van der Waals surface area contributed by atoms with Crippen LogP contribution in [0.5, 0.6) is 0 Å². The second-order valence-corrected chi connectivity index (χ2v) is 7.59. The summed E-state index contributed by atoms with van der Waals surface area (Å²) in [5.74, 6) is -1.65. The molecule has 13 heteroatoms. The molecule has 2 rings (SSSR count). The Hall–Kier alpha value is -2.86. The third-order valence-electron chi connectivity index (χ3n) is 3.46. The van der Waals surface area contributed by atoms with Crippen LogP contribution in [0.15, 0.2) is 47.4 Å². The fraction of sp³-hybridized carbons (Fsp3) is 0.133. The van der Waals surface area contributed by atoms with Crippen LogP contribution >= 0.6 is 11.6 Å². The lowest BCUT2D eigenvalue weighted by atomic mass is 10.2. The summed E-state index contributed by atoms with van der Waals surface area (Å²) in [6.07, 6.45) is -4.83. The number of carbonyl (C=O) groups is 1. The summed E-state index contributed by atoms with van der Waals surface area (Å²) >= 11 is 5.83. The van der Waals surface area contributed by atoms with E-state index in [-0.39, 0.29) is 4.31 Å². The van der Waals surface area contributed by atoms with Crippen LogP contribution in [0.25, 0.3) is 0 Å². The molecule has 2 aromatic rings. The number of hydrogen-bond donors (Lipinski definition) is 1. The van der Waals surface area contributed by atoms with Gasteiger partial charge in [-0.2, -0.15) is 13.2 Å². The van der Waals surface area contributed by atoms with Crippen molar-refractivity contribution >= 4 is 39.0 Å². The molecule has 0 saturated carbocycles. The predicted octanol–water partition coefficient (Wildman–Crippen LogP) is 3.55. The van der Waals surface area contributed by atoms with E-state index >= 15 is 0 Å². The molecule has 0 atom stereocenters. The maximum absolute atomic E-state index is 13.0. The first kappa shape index (κ1) is 21.4. The number of hydrogen-bond acceptors (Lipinski definition) is 5. The molecule has 0 radical (unpaired) electrons. The van der Waals surface area contributed by atoms with Crippen LogP contribution in [0.2, 0.25) is 5.02 Å². The van der Waals surface area contributed by atoms with Gasteiger partial charge >= 0.3 is 12.1 Å². The zero-order chi connectivity index (χ0) is 21.3. The summed E-state index contributed by atoms with van der Waals surface area (Å²) in [5.41, 5.74) is -2.36. The van der Waals surface area contributed by atoms with E-state index in [1.165, 1.54) is 0 Å². The highest BCUT2D eigenvalue weighted by molar-refractivity contribution is 7.92. The fourth-order valence-corrected chi connectivity index (χ4v) is 3.86. The zero-order valence-corrected chi connectivity index (χ0v) is 15.1. The second kappa shape index (κ2) is 7.64. The number of rotatable bonds is 6. The molecule has 8 nitrogen and oxygen atoms in total. The van der Waals surface area contributed by atoms with Gasteiger partial charge in [0.25, 0.3) is 15.7 Å². The zero-order valence-electron chi connectivity index (χ0n) is 13.6. The number of aliphatic carboxylic acids is 1. The first-order chi connectivity index (χ1) is 12.8. The van der Waals surface area contributed by atoms with Gasteiger partial charge < -0.3 is 5.11 Å². The molecular weight excluding hydrogens is 429 g/mol. The van der Waals surface area contributed by atoms with Crippen molar-refractivity contribution in [3.8, 4) is 0 Å². The minimum atomic E-state index is -4.83. The average Bonchev–Trinajstić information content (AvgIpc) is 2.59. The van der Waals surface area contributed by atoms with Gasteiger partial charge in [0, 0.05) is 12.1 Å². The van der Waals surface area contributed by atoms with Gasteiger partial charge in [-0.25, -0.2) is 8.42 Å². The number of sulfonamides is 1. The molecule has 0 amide bonds. The number of halogens is 4. The first-order valence-electron chi connectivity index (χ1n) is 7.20. The maximum atomic E-state index is 13.0. The van der Waals surface area contributed by atoms with Gasteiger partial charge in [0.1, 0.15) is 6.54 Å². The number of carboxylic acids is 1. The number of non-ortho nitro benzene ring substituents is 1. The molecule has 0 bridgehead atoms. The van der Waals surface area contributed by atoms with Crippen molar-refractivity contribution in [3.63, 3.8) is 0 Å². The topological polar surface area (TPSA) is 118 Å². The van der Waals surface area contributed by atoms with Crippen LogP contribution in [0.4, 0.5) is 24.5 Å². The summed E-state index contributed by atoms with van der Waals surface area (Å²) in [5, 5.41) is 19.3. The second-order valence-electron chi connectivity index (χ2n) is 5.32. The Bertz CT molecular complexity index is 1030. The first-order valence-corrected chi connectivity index (χ1v) is 9.01.